The molecule has 1 fully saturated rings. The zero-order chi connectivity index (χ0) is 14.5. The Morgan fingerprint density at radius 3 is 2.67 bits per heavy atom. The van der Waals surface area contributed by atoms with Crippen molar-refractivity contribution in [1.82, 2.24) is 10.1 Å². The molecule has 1 aromatic heterocycles. The van der Waals surface area contributed by atoms with Gasteiger partial charge in [-0.25, -0.2) is 0 Å². The van der Waals surface area contributed by atoms with Gasteiger partial charge >= 0.3 is 0 Å². The molecule has 112 valence electrons. The minimum Gasteiger partial charge on any atom is -0.339 e. The molecule has 1 aromatic carbocycles. The van der Waals surface area contributed by atoms with E-state index < -0.39 is 0 Å². The molecule has 4 nitrogen and oxygen atoms in total. The SMILES string of the molecule is NC1(Cc2nc(CSc3ccccc3)no2)CCCCC1. The van der Waals surface area contributed by atoms with Crippen molar-refractivity contribution in [3.63, 3.8) is 0 Å². The number of benzene rings is 1. The van der Waals surface area contributed by atoms with E-state index in [4.69, 9.17) is 10.3 Å². The van der Waals surface area contributed by atoms with Crippen LogP contribution in [0.3, 0.4) is 0 Å². The van der Waals surface area contributed by atoms with Crippen molar-refractivity contribution in [3.8, 4) is 0 Å². The molecular formula is C16H21N3OS. The number of hydrogen-bond donors (Lipinski definition) is 1. The van der Waals surface area contributed by atoms with Crippen molar-refractivity contribution < 1.29 is 4.52 Å². The van der Waals surface area contributed by atoms with Crippen LogP contribution in [0.1, 0.15) is 43.8 Å². The van der Waals surface area contributed by atoms with Gasteiger partial charge in [0.1, 0.15) is 0 Å². The van der Waals surface area contributed by atoms with Crippen molar-refractivity contribution in [1.29, 1.82) is 0 Å². The van der Waals surface area contributed by atoms with Gasteiger partial charge in [-0.1, -0.05) is 42.6 Å². The first-order chi connectivity index (χ1) is 10.2. The van der Waals surface area contributed by atoms with Crippen molar-refractivity contribution >= 4 is 11.8 Å². The third-order valence-corrected chi connectivity index (χ3v) is 4.98. The molecule has 2 N–H and O–H groups in total. The highest BCUT2D eigenvalue weighted by atomic mass is 32.2. The summed E-state index contributed by atoms with van der Waals surface area (Å²) in [4.78, 5) is 5.70. The predicted octanol–water partition coefficient (Wildman–Crippen LogP) is 3.57. The largest absolute Gasteiger partial charge is 0.339 e. The number of nitrogens with two attached hydrogens (primary N) is 1. The Kier molecular flexibility index (Phi) is 4.60. The Morgan fingerprint density at radius 2 is 1.90 bits per heavy atom. The minimum absolute atomic E-state index is 0.144. The van der Waals surface area contributed by atoms with Crippen LogP contribution in [0.4, 0.5) is 0 Å². The van der Waals surface area contributed by atoms with Gasteiger partial charge in [0, 0.05) is 16.9 Å². The molecule has 1 aliphatic carbocycles. The van der Waals surface area contributed by atoms with Crippen LogP contribution in [-0.4, -0.2) is 15.7 Å². The summed E-state index contributed by atoms with van der Waals surface area (Å²) in [5.41, 5.74) is 6.29. The van der Waals surface area contributed by atoms with Gasteiger partial charge in [0.05, 0.1) is 5.75 Å². The molecule has 2 aromatic rings. The lowest BCUT2D eigenvalue weighted by Crippen LogP contribution is -2.43. The summed E-state index contributed by atoms with van der Waals surface area (Å²) < 4.78 is 5.37. The number of aromatic nitrogens is 2. The topological polar surface area (TPSA) is 64.9 Å². The Bertz CT molecular complexity index is 564. The molecule has 0 atom stereocenters. The fourth-order valence-corrected chi connectivity index (χ4v) is 3.58. The van der Waals surface area contributed by atoms with Crippen LogP contribution in [0.2, 0.25) is 0 Å². The van der Waals surface area contributed by atoms with E-state index >= 15 is 0 Å². The van der Waals surface area contributed by atoms with Gasteiger partial charge in [-0.2, -0.15) is 4.98 Å². The summed E-state index contributed by atoms with van der Waals surface area (Å²) in [5, 5.41) is 4.07. The van der Waals surface area contributed by atoms with E-state index in [0.717, 1.165) is 24.4 Å². The lowest BCUT2D eigenvalue weighted by Gasteiger charge is -2.31. The maximum atomic E-state index is 6.43. The lowest BCUT2D eigenvalue weighted by atomic mass is 9.80. The van der Waals surface area contributed by atoms with Crippen LogP contribution in [0.5, 0.6) is 0 Å². The molecule has 1 heterocycles. The maximum absolute atomic E-state index is 6.43. The third-order valence-electron chi connectivity index (χ3n) is 3.97. The van der Waals surface area contributed by atoms with E-state index in [1.807, 2.05) is 18.2 Å². The highest BCUT2D eigenvalue weighted by Gasteiger charge is 2.29. The monoisotopic (exact) mass is 303 g/mol. The Balaban J connectivity index is 1.56. The smallest absolute Gasteiger partial charge is 0.228 e. The van der Waals surface area contributed by atoms with E-state index in [0.29, 0.717) is 12.3 Å². The number of thioether (sulfide) groups is 1. The molecule has 0 spiro atoms. The van der Waals surface area contributed by atoms with Gasteiger partial charge in [0.25, 0.3) is 0 Å². The third kappa shape index (κ3) is 4.08. The Hall–Kier alpha value is -1.33. The van der Waals surface area contributed by atoms with Crippen LogP contribution in [0.15, 0.2) is 39.8 Å². The fraction of sp³-hybridized carbons (Fsp3) is 0.500. The standard InChI is InChI=1S/C16H21N3OS/c17-16(9-5-2-6-10-16)11-15-18-14(19-20-15)12-21-13-7-3-1-4-8-13/h1,3-4,7-8H,2,5-6,9-12,17H2. The first kappa shape index (κ1) is 14.6. The van der Waals surface area contributed by atoms with Crippen LogP contribution in [0, 0.1) is 0 Å². The molecular weight excluding hydrogens is 282 g/mol. The van der Waals surface area contributed by atoms with Crippen LogP contribution >= 0.6 is 11.8 Å². The molecule has 0 amide bonds. The first-order valence-corrected chi connectivity index (χ1v) is 8.50. The number of hydrogen-bond acceptors (Lipinski definition) is 5. The van der Waals surface area contributed by atoms with Crippen molar-refractivity contribution in [2.75, 3.05) is 0 Å². The summed E-state index contributed by atoms with van der Waals surface area (Å²) >= 11 is 1.72. The average molecular weight is 303 g/mol. The summed E-state index contributed by atoms with van der Waals surface area (Å²) in [6.45, 7) is 0. The van der Waals surface area contributed by atoms with E-state index in [2.05, 4.69) is 22.3 Å². The van der Waals surface area contributed by atoms with Gasteiger partial charge < -0.3 is 10.3 Å². The fourth-order valence-electron chi connectivity index (χ4n) is 2.82. The van der Waals surface area contributed by atoms with E-state index in [9.17, 15) is 0 Å². The summed E-state index contributed by atoms with van der Waals surface area (Å²) in [6.07, 6.45) is 6.54. The van der Waals surface area contributed by atoms with Crippen LogP contribution in [0.25, 0.3) is 0 Å². The minimum atomic E-state index is -0.144. The molecule has 0 aliphatic heterocycles. The molecule has 3 rings (SSSR count). The molecule has 21 heavy (non-hydrogen) atoms. The van der Waals surface area contributed by atoms with Gasteiger partial charge in [-0.05, 0) is 25.0 Å². The molecule has 0 saturated heterocycles. The summed E-state index contributed by atoms with van der Waals surface area (Å²) in [6, 6.07) is 10.3. The summed E-state index contributed by atoms with van der Waals surface area (Å²) in [5.74, 6) is 2.16. The second-order valence-corrected chi connectivity index (χ2v) is 6.85. The van der Waals surface area contributed by atoms with Crippen molar-refractivity contribution in [2.24, 2.45) is 5.73 Å². The van der Waals surface area contributed by atoms with Gasteiger partial charge in [-0.15, -0.1) is 11.8 Å². The average Bonchev–Trinajstić information content (AvgIpc) is 2.94. The van der Waals surface area contributed by atoms with E-state index in [1.165, 1.54) is 24.2 Å². The quantitative estimate of drug-likeness (QED) is 0.855. The zero-order valence-electron chi connectivity index (χ0n) is 12.1. The van der Waals surface area contributed by atoms with E-state index in [-0.39, 0.29) is 5.54 Å². The molecule has 0 bridgehead atoms. The summed E-state index contributed by atoms with van der Waals surface area (Å²) in [7, 11) is 0. The maximum Gasteiger partial charge on any atom is 0.228 e. The van der Waals surface area contributed by atoms with E-state index in [1.54, 1.807) is 11.8 Å². The molecule has 0 radical (unpaired) electrons. The van der Waals surface area contributed by atoms with Gasteiger partial charge in [0.2, 0.25) is 5.89 Å². The van der Waals surface area contributed by atoms with Gasteiger partial charge in [0.15, 0.2) is 5.82 Å². The second kappa shape index (κ2) is 6.62. The second-order valence-electron chi connectivity index (χ2n) is 5.81. The number of nitrogens with zero attached hydrogens (tertiary/aromatic N) is 2. The highest BCUT2D eigenvalue weighted by molar-refractivity contribution is 7.98. The highest BCUT2D eigenvalue weighted by Crippen LogP contribution is 2.29. The van der Waals surface area contributed by atoms with Crippen LogP contribution in [-0.2, 0) is 12.2 Å². The molecule has 5 heteroatoms. The van der Waals surface area contributed by atoms with Crippen LogP contribution < -0.4 is 5.73 Å². The lowest BCUT2D eigenvalue weighted by molar-refractivity contribution is 0.260. The Morgan fingerprint density at radius 1 is 1.14 bits per heavy atom. The number of rotatable bonds is 5. The van der Waals surface area contributed by atoms with Gasteiger partial charge in [-0.3, -0.25) is 0 Å². The van der Waals surface area contributed by atoms with Crippen molar-refractivity contribution in [3.05, 3.63) is 42.0 Å². The molecule has 1 saturated carbocycles. The van der Waals surface area contributed by atoms with Crippen molar-refractivity contribution in [2.45, 2.75) is 54.7 Å². The molecule has 1 aliphatic rings. The predicted molar refractivity (Wildman–Crippen MR) is 84.0 cm³/mol. The zero-order valence-corrected chi connectivity index (χ0v) is 12.9. The Labute approximate surface area is 129 Å². The normalized spacial score (nSPS) is 17.8. The molecule has 0 unspecified atom stereocenters. The first-order valence-electron chi connectivity index (χ1n) is 7.52.